The Kier molecular flexibility index (Phi) is 3.67. The molecule has 0 aromatic carbocycles. The zero-order valence-corrected chi connectivity index (χ0v) is 13.0. The summed E-state index contributed by atoms with van der Waals surface area (Å²) in [4.78, 5) is 14.4. The number of hydrogen-bond donors (Lipinski definition) is 1. The maximum Gasteiger partial charge on any atom is 0.321 e. The molecule has 2 atom stereocenters. The number of carbonyl (C=O) groups is 1. The minimum Gasteiger partial charge on any atom is -0.321 e. The van der Waals surface area contributed by atoms with E-state index < -0.39 is 0 Å². The monoisotopic (exact) mass is 264 g/mol. The normalized spacial score (nSPS) is 33.4. The molecule has 2 fully saturated rings. The Morgan fingerprint density at radius 3 is 2.68 bits per heavy atom. The predicted molar refractivity (Wildman–Crippen MR) is 78.8 cm³/mol. The lowest BCUT2D eigenvalue weighted by atomic mass is 9.65. The summed E-state index contributed by atoms with van der Waals surface area (Å²) in [5.74, 6) is 0. The third kappa shape index (κ3) is 3.13. The maximum absolute atomic E-state index is 12.3. The van der Waals surface area contributed by atoms with Gasteiger partial charge in [0.25, 0.3) is 0 Å². The molecule has 3 nitrogen and oxygen atoms in total. The molecule has 108 valence electrons. The van der Waals surface area contributed by atoms with Crippen LogP contribution in [0.15, 0.2) is 11.8 Å². The van der Waals surface area contributed by atoms with Crippen LogP contribution >= 0.6 is 0 Å². The molecule has 2 bridgehead atoms. The fraction of sp³-hybridized carbons (Fsp3) is 0.812. The van der Waals surface area contributed by atoms with Crippen LogP contribution in [0.5, 0.6) is 0 Å². The summed E-state index contributed by atoms with van der Waals surface area (Å²) in [5.41, 5.74) is 1.89. The van der Waals surface area contributed by atoms with E-state index in [1.165, 1.54) is 18.4 Å². The molecular formula is C16H28N2O. The molecule has 3 heteroatoms. The van der Waals surface area contributed by atoms with Gasteiger partial charge < -0.3 is 10.2 Å². The van der Waals surface area contributed by atoms with Crippen LogP contribution in [0.1, 0.15) is 60.3 Å². The Morgan fingerprint density at radius 2 is 2.05 bits per heavy atom. The van der Waals surface area contributed by atoms with Crippen molar-refractivity contribution in [2.75, 3.05) is 6.54 Å². The van der Waals surface area contributed by atoms with Gasteiger partial charge in [0.2, 0.25) is 0 Å². The van der Waals surface area contributed by atoms with Gasteiger partial charge in [-0.25, -0.2) is 4.79 Å². The number of nitrogens with one attached hydrogen (secondary N) is 1. The van der Waals surface area contributed by atoms with Crippen LogP contribution in [0.25, 0.3) is 0 Å². The van der Waals surface area contributed by atoms with Crippen molar-refractivity contribution in [2.45, 2.75) is 66.3 Å². The van der Waals surface area contributed by atoms with Crippen molar-refractivity contribution in [3.8, 4) is 0 Å². The number of amides is 2. The van der Waals surface area contributed by atoms with Crippen molar-refractivity contribution >= 4 is 6.03 Å². The number of likely N-dealkylation sites (tertiary alicyclic amines) is 1. The number of rotatable bonds is 2. The van der Waals surface area contributed by atoms with Gasteiger partial charge in [-0.15, -0.1) is 0 Å². The van der Waals surface area contributed by atoms with Crippen molar-refractivity contribution in [1.82, 2.24) is 10.2 Å². The first-order chi connectivity index (χ1) is 8.75. The van der Waals surface area contributed by atoms with Gasteiger partial charge in [-0.3, -0.25) is 0 Å². The first kappa shape index (κ1) is 14.4. The molecule has 2 unspecified atom stereocenters. The number of nitrogens with zero attached hydrogens (tertiary/aromatic N) is 1. The predicted octanol–water partition coefficient (Wildman–Crippen LogP) is 3.91. The van der Waals surface area contributed by atoms with E-state index in [2.05, 4.69) is 37.9 Å². The molecule has 0 aromatic rings. The van der Waals surface area contributed by atoms with E-state index in [1.54, 1.807) is 0 Å². The SMILES string of the molecule is CC/C(C)=C/NC(=O)N1CC2(C)CC1CC(C)(C)C2. The molecule has 1 saturated heterocycles. The van der Waals surface area contributed by atoms with E-state index in [9.17, 15) is 4.79 Å². The average molecular weight is 264 g/mol. The molecule has 2 rings (SSSR count). The maximum atomic E-state index is 12.3. The van der Waals surface area contributed by atoms with E-state index in [0.29, 0.717) is 16.9 Å². The minimum atomic E-state index is 0.0826. The number of fused-ring (bicyclic) bond motifs is 2. The van der Waals surface area contributed by atoms with Gasteiger partial charge >= 0.3 is 6.03 Å². The van der Waals surface area contributed by atoms with Crippen LogP contribution in [-0.2, 0) is 0 Å². The molecule has 19 heavy (non-hydrogen) atoms. The highest BCUT2D eigenvalue weighted by Gasteiger charge is 2.50. The van der Waals surface area contributed by atoms with Crippen LogP contribution in [-0.4, -0.2) is 23.5 Å². The first-order valence-electron chi connectivity index (χ1n) is 7.47. The van der Waals surface area contributed by atoms with E-state index in [4.69, 9.17) is 0 Å². The standard InChI is InChI=1S/C16H28N2O/c1-6-12(2)9-17-14(19)18-11-16(5)8-13(18)7-15(3,4)10-16/h9,13H,6-8,10-11H2,1-5H3,(H,17,19)/b12-9+. The lowest BCUT2D eigenvalue weighted by Crippen LogP contribution is -2.42. The fourth-order valence-electron chi connectivity index (χ4n) is 4.07. The van der Waals surface area contributed by atoms with Crippen molar-refractivity contribution in [3.63, 3.8) is 0 Å². The molecule has 1 N–H and O–H groups in total. The summed E-state index contributed by atoms with van der Waals surface area (Å²) < 4.78 is 0. The highest BCUT2D eigenvalue weighted by molar-refractivity contribution is 5.76. The van der Waals surface area contributed by atoms with Crippen LogP contribution in [0.3, 0.4) is 0 Å². The van der Waals surface area contributed by atoms with Gasteiger partial charge in [0.05, 0.1) is 0 Å². The molecule has 0 aromatic heterocycles. The van der Waals surface area contributed by atoms with Crippen LogP contribution in [0.2, 0.25) is 0 Å². The number of carbonyl (C=O) groups excluding carboxylic acids is 1. The van der Waals surface area contributed by atoms with Gasteiger partial charge in [-0.05, 0) is 43.4 Å². The molecule has 0 spiro atoms. The number of allylic oxidation sites excluding steroid dienone is 1. The van der Waals surface area contributed by atoms with E-state index in [1.807, 2.05) is 13.1 Å². The summed E-state index contributed by atoms with van der Waals surface area (Å²) in [6, 6.07) is 0.503. The quantitative estimate of drug-likeness (QED) is 0.805. The van der Waals surface area contributed by atoms with E-state index in [-0.39, 0.29) is 6.03 Å². The molecule has 0 radical (unpaired) electrons. The highest BCUT2D eigenvalue weighted by Crippen LogP contribution is 2.52. The zero-order valence-electron chi connectivity index (χ0n) is 13.0. The van der Waals surface area contributed by atoms with Crippen LogP contribution in [0.4, 0.5) is 4.79 Å². The van der Waals surface area contributed by atoms with Crippen LogP contribution in [0, 0.1) is 10.8 Å². The Labute approximate surface area is 117 Å². The molecule has 2 aliphatic rings. The minimum absolute atomic E-state index is 0.0826. The molecular weight excluding hydrogens is 236 g/mol. The van der Waals surface area contributed by atoms with E-state index >= 15 is 0 Å². The third-order valence-electron chi connectivity index (χ3n) is 4.68. The molecule has 1 aliphatic heterocycles. The van der Waals surface area contributed by atoms with Gasteiger partial charge in [0.15, 0.2) is 0 Å². The average Bonchev–Trinajstić information content (AvgIpc) is 2.55. The second-order valence-corrected chi connectivity index (χ2v) is 7.64. The molecule has 2 amide bonds. The Bertz CT molecular complexity index is 400. The topological polar surface area (TPSA) is 32.3 Å². The summed E-state index contributed by atoms with van der Waals surface area (Å²) >= 11 is 0. The fourth-order valence-corrected chi connectivity index (χ4v) is 4.07. The molecule has 1 heterocycles. The second-order valence-electron chi connectivity index (χ2n) is 7.64. The third-order valence-corrected chi connectivity index (χ3v) is 4.68. The van der Waals surface area contributed by atoms with Gasteiger partial charge in [0, 0.05) is 18.8 Å². The Hall–Kier alpha value is -0.990. The first-order valence-corrected chi connectivity index (χ1v) is 7.47. The van der Waals surface area contributed by atoms with Crippen molar-refractivity contribution < 1.29 is 4.79 Å². The summed E-state index contributed by atoms with van der Waals surface area (Å²) in [5, 5.41) is 2.96. The molecule has 1 aliphatic carbocycles. The largest absolute Gasteiger partial charge is 0.321 e. The number of urea groups is 1. The van der Waals surface area contributed by atoms with E-state index in [0.717, 1.165) is 19.4 Å². The lowest BCUT2D eigenvalue weighted by molar-refractivity contribution is 0.129. The molecule has 1 saturated carbocycles. The second kappa shape index (κ2) is 4.84. The van der Waals surface area contributed by atoms with Crippen LogP contribution < -0.4 is 5.32 Å². The van der Waals surface area contributed by atoms with Gasteiger partial charge in [-0.2, -0.15) is 0 Å². The summed E-state index contributed by atoms with van der Waals surface area (Å²) in [6.07, 6.45) is 6.36. The van der Waals surface area contributed by atoms with Gasteiger partial charge in [0.1, 0.15) is 0 Å². The Balaban J connectivity index is 2.05. The highest BCUT2D eigenvalue weighted by atomic mass is 16.2. The lowest BCUT2D eigenvalue weighted by Gasteiger charge is -2.39. The zero-order chi connectivity index (χ0) is 14.3. The Morgan fingerprint density at radius 1 is 1.37 bits per heavy atom. The summed E-state index contributed by atoms with van der Waals surface area (Å²) in [6.45, 7) is 12.1. The number of hydrogen-bond acceptors (Lipinski definition) is 1. The van der Waals surface area contributed by atoms with Crippen molar-refractivity contribution in [3.05, 3.63) is 11.8 Å². The van der Waals surface area contributed by atoms with Crippen molar-refractivity contribution in [2.24, 2.45) is 10.8 Å². The van der Waals surface area contributed by atoms with Crippen molar-refractivity contribution in [1.29, 1.82) is 0 Å². The smallest absolute Gasteiger partial charge is 0.321 e. The summed E-state index contributed by atoms with van der Waals surface area (Å²) in [7, 11) is 0. The van der Waals surface area contributed by atoms with Gasteiger partial charge in [-0.1, -0.05) is 33.3 Å².